The maximum Gasteiger partial charge on any atom is 0.339 e. The van der Waals surface area contributed by atoms with Crippen molar-refractivity contribution >= 4 is 16.8 Å². The molecule has 0 unspecified atom stereocenters. The molecule has 3 aromatic rings. The molecule has 0 saturated heterocycles. The first-order valence-corrected chi connectivity index (χ1v) is 9.35. The first-order valence-electron chi connectivity index (χ1n) is 9.35. The molecule has 0 aliphatic carbocycles. The molecule has 0 saturated carbocycles. The lowest BCUT2D eigenvalue weighted by Crippen LogP contribution is -2.23. The Bertz CT molecular complexity index is 1200. The van der Waals surface area contributed by atoms with Crippen LogP contribution in [0.1, 0.15) is 45.1 Å². The predicted octanol–water partition coefficient (Wildman–Crippen LogP) is 4.44. The largest absolute Gasteiger partial charge is 0.493 e. The highest BCUT2D eigenvalue weighted by Crippen LogP contribution is 2.45. The Balaban J connectivity index is 1.96. The van der Waals surface area contributed by atoms with Crippen LogP contribution in [-0.2, 0) is 0 Å². The number of ketones is 1. The number of rotatable bonds is 3. The monoisotopic (exact) mass is 394 g/mol. The van der Waals surface area contributed by atoms with Gasteiger partial charge in [-0.05, 0) is 44.0 Å². The van der Waals surface area contributed by atoms with Gasteiger partial charge in [0, 0.05) is 11.1 Å². The number of carbonyl (C=O) groups excluding carboxylic acids is 1. The Morgan fingerprint density at radius 2 is 1.79 bits per heavy atom. The van der Waals surface area contributed by atoms with E-state index < -0.39 is 6.10 Å². The van der Waals surface area contributed by atoms with Crippen LogP contribution >= 0.6 is 0 Å². The summed E-state index contributed by atoms with van der Waals surface area (Å²) in [7, 11) is 3.12. The summed E-state index contributed by atoms with van der Waals surface area (Å²) >= 11 is 0. The van der Waals surface area contributed by atoms with Gasteiger partial charge in [0.15, 0.2) is 17.3 Å². The van der Waals surface area contributed by atoms with E-state index in [-0.39, 0.29) is 17.8 Å². The van der Waals surface area contributed by atoms with E-state index in [2.05, 4.69) is 0 Å². The van der Waals surface area contributed by atoms with Gasteiger partial charge in [-0.15, -0.1) is 0 Å². The Hall–Kier alpha value is -3.28. The Labute approximate surface area is 168 Å². The fourth-order valence-electron chi connectivity index (χ4n) is 3.97. The van der Waals surface area contributed by atoms with E-state index in [9.17, 15) is 9.59 Å². The number of hydrogen-bond acceptors (Lipinski definition) is 6. The number of aryl methyl sites for hydroxylation is 2. The molecule has 0 N–H and O–H groups in total. The van der Waals surface area contributed by atoms with Crippen molar-refractivity contribution in [2.75, 3.05) is 14.2 Å². The van der Waals surface area contributed by atoms with Gasteiger partial charge in [-0.1, -0.05) is 12.1 Å². The zero-order valence-corrected chi connectivity index (χ0v) is 17.0. The molecule has 1 aliphatic heterocycles. The minimum atomic E-state index is -0.545. The molecule has 0 spiro atoms. The van der Waals surface area contributed by atoms with Crippen LogP contribution in [-0.4, -0.2) is 20.0 Å². The van der Waals surface area contributed by atoms with Crippen molar-refractivity contribution < 1.29 is 23.4 Å². The van der Waals surface area contributed by atoms with Crippen LogP contribution in [0.15, 0.2) is 33.5 Å². The van der Waals surface area contributed by atoms with Gasteiger partial charge < -0.3 is 18.6 Å². The summed E-state index contributed by atoms with van der Waals surface area (Å²) in [5.74, 6) is 1.53. The van der Waals surface area contributed by atoms with Gasteiger partial charge in [0.1, 0.15) is 17.4 Å². The second kappa shape index (κ2) is 6.95. The SMILES string of the molecule is COc1cccc([C@@H]2CC(=O)c3c(C)cc4oc(=O)c(C)c(C)c4c3O2)c1OC. The Kier molecular flexibility index (Phi) is 4.57. The number of Topliss-reactive ketones (excluding diaryl/α,β-unsaturated/α-hetero) is 1. The summed E-state index contributed by atoms with van der Waals surface area (Å²) in [6.45, 7) is 5.37. The number of ether oxygens (including phenoxy) is 3. The molecule has 6 heteroatoms. The zero-order chi connectivity index (χ0) is 20.9. The number of carbonyl (C=O) groups is 1. The molecule has 2 aromatic carbocycles. The molecule has 0 amide bonds. The fraction of sp³-hybridized carbons (Fsp3) is 0.304. The zero-order valence-electron chi connectivity index (χ0n) is 17.0. The van der Waals surface area contributed by atoms with Crippen molar-refractivity contribution in [1.29, 1.82) is 0 Å². The standard InChI is InChI=1S/C23H22O6/c1-11-9-18-20(12(2)13(3)23(25)29-18)22-19(11)15(24)10-17(28-22)14-7-6-8-16(26-4)21(14)27-5/h6-9,17H,10H2,1-5H3/t17-/m0/s1. The lowest BCUT2D eigenvalue weighted by molar-refractivity contribution is 0.0848. The average Bonchev–Trinajstić information content (AvgIpc) is 2.70. The summed E-state index contributed by atoms with van der Waals surface area (Å²) in [6.07, 6.45) is -0.366. The quantitative estimate of drug-likeness (QED) is 0.611. The first-order chi connectivity index (χ1) is 13.9. The molecule has 2 heterocycles. The number of para-hydroxylation sites is 1. The fourth-order valence-corrected chi connectivity index (χ4v) is 3.97. The molecule has 1 atom stereocenters. The lowest BCUT2D eigenvalue weighted by Gasteiger charge is -2.29. The van der Waals surface area contributed by atoms with Gasteiger partial charge >= 0.3 is 5.63 Å². The maximum absolute atomic E-state index is 13.1. The number of methoxy groups -OCH3 is 2. The predicted molar refractivity (Wildman–Crippen MR) is 109 cm³/mol. The highest BCUT2D eigenvalue weighted by Gasteiger charge is 2.34. The van der Waals surface area contributed by atoms with E-state index in [1.165, 1.54) is 0 Å². The van der Waals surface area contributed by atoms with Gasteiger partial charge in [0.2, 0.25) is 0 Å². The minimum absolute atomic E-state index is 0.0243. The van der Waals surface area contributed by atoms with Crippen LogP contribution < -0.4 is 19.8 Å². The van der Waals surface area contributed by atoms with Gasteiger partial charge in [-0.25, -0.2) is 4.79 Å². The van der Waals surface area contributed by atoms with Crippen molar-refractivity contribution in [2.45, 2.75) is 33.3 Å². The van der Waals surface area contributed by atoms with Crippen molar-refractivity contribution in [1.82, 2.24) is 0 Å². The highest BCUT2D eigenvalue weighted by molar-refractivity contribution is 6.07. The summed E-state index contributed by atoms with van der Waals surface area (Å²) < 4.78 is 22.8. The molecular formula is C23H22O6. The molecular weight excluding hydrogens is 372 g/mol. The molecule has 1 aliphatic rings. The van der Waals surface area contributed by atoms with Crippen molar-refractivity contribution in [3.05, 3.63) is 62.5 Å². The summed E-state index contributed by atoms with van der Waals surface area (Å²) in [5.41, 5.74) is 3.27. The lowest BCUT2D eigenvalue weighted by atomic mass is 9.90. The van der Waals surface area contributed by atoms with Crippen LogP contribution in [0.25, 0.3) is 11.0 Å². The van der Waals surface area contributed by atoms with E-state index in [1.54, 1.807) is 33.3 Å². The normalized spacial score (nSPS) is 15.8. The third kappa shape index (κ3) is 2.87. The molecule has 150 valence electrons. The number of hydrogen-bond donors (Lipinski definition) is 0. The van der Waals surface area contributed by atoms with E-state index in [0.29, 0.717) is 39.3 Å². The number of fused-ring (bicyclic) bond motifs is 3. The smallest absolute Gasteiger partial charge is 0.339 e. The molecule has 1 aromatic heterocycles. The molecule has 29 heavy (non-hydrogen) atoms. The third-order valence-electron chi connectivity index (χ3n) is 5.58. The van der Waals surface area contributed by atoms with E-state index in [0.717, 1.165) is 16.7 Å². The highest BCUT2D eigenvalue weighted by atomic mass is 16.5. The summed E-state index contributed by atoms with van der Waals surface area (Å²) in [4.78, 5) is 25.2. The van der Waals surface area contributed by atoms with Crippen molar-refractivity contribution in [2.24, 2.45) is 0 Å². The molecule has 4 rings (SSSR count). The molecule has 0 fully saturated rings. The van der Waals surface area contributed by atoms with Gasteiger partial charge in [-0.2, -0.15) is 0 Å². The summed E-state index contributed by atoms with van der Waals surface area (Å²) in [6, 6.07) is 7.22. The van der Waals surface area contributed by atoms with Crippen LogP contribution in [0.3, 0.4) is 0 Å². The van der Waals surface area contributed by atoms with Crippen molar-refractivity contribution in [3.8, 4) is 17.2 Å². The first kappa shape index (κ1) is 19.1. The summed E-state index contributed by atoms with van der Waals surface area (Å²) in [5, 5.41) is 0.655. The van der Waals surface area contributed by atoms with Gasteiger partial charge in [0.05, 0.1) is 31.6 Å². The average molecular weight is 394 g/mol. The molecule has 6 nitrogen and oxygen atoms in total. The van der Waals surface area contributed by atoms with Gasteiger partial charge in [-0.3, -0.25) is 4.79 Å². The Morgan fingerprint density at radius 1 is 1.03 bits per heavy atom. The maximum atomic E-state index is 13.1. The van der Waals surface area contributed by atoms with Crippen LogP contribution in [0, 0.1) is 20.8 Å². The Morgan fingerprint density at radius 3 is 2.48 bits per heavy atom. The van der Waals surface area contributed by atoms with Crippen molar-refractivity contribution in [3.63, 3.8) is 0 Å². The number of benzene rings is 2. The second-order valence-electron chi connectivity index (χ2n) is 7.23. The van der Waals surface area contributed by atoms with Crippen LogP contribution in [0.2, 0.25) is 0 Å². The van der Waals surface area contributed by atoms with Crippen LogP contribution in [0.5, 0.6) is 17.2 Å². The van der Waals surface area contributed by atoms with E-state index in [1.807, 2.05) is 26.0 Å². The van der Waals surface area contributed by atoms with Gasteiger partial charge in [0.25, 0.3) is 0 Å². The molecule has 0 radical (unpaired) electrons. The topological polar surface area (TPSA) is 75.0 Å². The van der Waals surface area contributed by atoms with Crippen LogP contribution in [0.4, 0.5) is 0 Å². The van der Waals surface area contributed by atoms with E-state index >= 15 is 0 Å². The third-order valence-corrected chi connectivity index (χ3v) is 5.58. The minimum Gasteiger partial charge on any atom is -0.493 e. The van der Waals surface area contributed by atoms with E-state index in [4.69, 9.17) is 18.6 Å². The second-order valence-corrected chi connectivity index (χ2v) is 7.23. The molecule has 0 bridgehead atoms.